The number of ether oxygens (including phenoxy) is 1. The van der Waals surface area contributed by atoms with Gasteiger partial charge in [0.2, 0.25) is 0 Å². The number of nitrogens with zero attached hydrogens (tertiary/aromatic N) is 1. The molecule has 0 radical (unpaired) electrons. The van der Waals surface area contributed by atoms with Gasteiger partial charge in [-0.25, -0.2) is 0 Å². The Balaban J connectivity index is 2.04. The number of phenols is 2. The van der Waals surface area contributed by atoms with E-state index in [1.54, 1.807) is 18.2 Å². The zero-order valence-electron chi connectivity index (χ0n) is 11.7. The van der Waals surface area contributed by atoms with Crippen LogP contribution in [0.15, 0.2) is 36.4 Å². The fourth-order valence-electron chi connectivity index (χ4n) is 2.70. The molecule has 2 N–H and O–H groups in total. The maximum atomic E-state index is 10.7. The van der Waals surface area contributed by atoms with E-state index in [0.29, 0.717) is 6.61 Å². The highest BCUT2D eigenvalue weighted by atomic mass is 16.6. The third-order valence-electron chi connectivity index (χ3n) is 3.80. The summed E-state index contributed by atoms with van der Waals surface area (Å²) in [5.41, 5.74) is 2.49. The predicted molar refractivity (Wildman–Crippen MR) is 79.0 cm³/mol. The first kappa shape index (κ1) is 14.3. The molecular formula is C16H15NO5. The summed E-state index contributed by atoms with van der Waals surface area (Å²) in [6, 6.07) is 9.23. The van der Waals surface area contributed by atoms with Gasteiger partial charge in [0.15, 0.2) is 11.5 Å². The Labute approximate surface area is 126 Å². The van der Waals surface area contributed by atoms with Crippen molar-refractivity contribution < 1.29 is 19.9 Å². The highest BCUT2D eigenvalue weighted by Gasteiger charge is 2.23. The van der Waals surface area contributed by atoms with E-state index in [2.05, 4.69) is 0 Å². The molecule has 0 saturated carbocycles. The monoisotopic (exact) mass is 301 g/mol. The first-order valence-electron chi connectivity index (χ1n) is 6.97. The van der Waals surface area contributed by atoms with Crippen LogP contribution in [0, 0.1) is 10.1 Å². The van der Waals surface area contributed by atoms with Crippen molar-refractivity contribution in [2.24, 2.45) is 0 Å². The molecule has 3 rings (SSSR count). The molecule has 22 heavy (non-hydrogen) atoms. The van der Waals surface area contributed by atoms with Crippen LogP contribution in [0.3, 0.4) is 0 Å². The Kier molecular flexibility index (Phi) is 3.68. The molecule has 6 heteroatoms. The molecule has 0 amide bonds. The van der Waals surface area contributed by atoms with Gasteiger partial charge < -0.3 is 14.9 Å². The van der Waals surface area contributed by atoms with Crippen molar-refractivity contribution in [1.82, 2.24) is 0 Å². The summed E-state index contributed by atoms with van der Waals surface area (Å²) in [6.07, 6.45) is 1.14. The molecule has 1 unspecified atom stereocenters. The summed E-state index contributed by atoms with van der Waals surface area (Å²) >= 11 is 0. The minimum Gasteiger partial charge on any atom is -0.504 e. The maximum absolute atomic E-state index is 10.7. The van der Waals surface area contributed by atoms with Gasteiger partial charge in [0.05, 0.1) is 4.92 Å². The van der Waals surface area contributed by atoms with Crippen LogP contribution in [0.2, 0.25) is 0 Å². The van der Waals surface area contributed by atoms with Gasteiger partial charge in [0, 0.05) is 18.7 Å². The van der Waals surface area contributed by atoms with Gasteiger partial charge in [-0.3, -0.25) is 10.1 Å². The van der Waals surface area contributed by atoms with Crippen LogP contribution in [0.4, 0.5) is 5.69 Å². The van der Waals surface area contributed by atoms with Crippen LogP contribution in [0.5, 0.6) is 11.5 Å². The third kappa shape index (κ3) is 2.60. The average molecular weight is 301 g/mol. The quantitative estimate of drug-likeness (QED) is 0.505. The predicted octanol–water partition coefficient (Wildman–Crippen LogP) is 3.06. The Morgan fingerprint density at radius 1 is 1.14 bits per heavy atom. The lowest BCUT2D eigenvalue weighted by atomic mass is 9.94. The van der Waals surface area contributed by atoms with Gasteiger partial charge in [-0.1, -0.05) is 0 Å². The van der Waals surface area contributed by atoms with Crippen molar-refractivity contribution in [3.63, 3.8) is 0 Å². The van der Waals surface area contributed by atoms with Crippen molar-refractivity contribution >= 4 is 5.69 Å². The number of nitro groups is 1. The topological polar surface area (TPSA) is 92.8 Å². The minimum atomic E-state index is -0.449. The summed E-state index contributed by atoms with van der Waals surface area (Å²) in [5, 5.41) is 30.1. The van der Waals surface area contributed by atoms with Crippen molar-refractivity contribution in [2.45, 2.75) is 18.9 Å². The van der Waals surface area contributed by atoms with E-state index in [-0.39, 0.29) is 17.2 Å². The Morgan fingerprint density at radius 2 is 1.82 bits per heavy atom. The largest absolute Gasteiger partial charge is 0.504 e. The number of hydrogen-bond donors (Lipinski definition) is 2. The summed E-state index contributed by atoms with van der Waals surface area (Å²) in [7, 11) is 0. The van der Waals surface area contributed by atoms with Gasteiger partial charge in [0.25, 0.3) is 5.69 Å². The molecule has 0 fully saturated rings. The Morgan fingerprint density at radius 3 is 2.50 bits per heavy atom. The fraction of sp³-hybridized carbons (Fsp3) is 0.250. The molecule has 6 nitrogen and oxygen atoms in total. The van der Waals surface area contributed by atoms with E-state index in [1.165, 1.54) is 18.2 Å². The molecule has 2 aromatic carbocycles. The van der Waals surface area contributed by atoms with Gasteiger partial charge in [0.1, 0.15) is 6.10 Å². The molecule has 1 aliphatic heterocycles. The highest BCUT2D eigenvalue weighted by molar-refractivity contribution is 5.49. The second kappa shape index (κ2) is 5.65. The fourth-order valence-corrected chi connectivity index (χ4v) is 2.70. The van der Waals surface area contributed by atoms with E-state index in [9.17, 15) is 20.3 Å². The molecule has 0 bridgehead atoms. The number of benzene rings is 2. The zero-order valence-corrected chi connectivity index (χ0v) is 11.7. The third-order valence-corrected chi connectivity index (χ3v) is 3.80. The first-order chi connectivity index (χ1) is 10.6. The number of hydrogen-bond acceptors (Lipinski definition) is 5. The Bertz CT molecular complexity index is 711. The number of non-ortho nitro benzene ring substituents is 1. The van der Waals surface area contributed by atoms with Crippen LogP contribution in [-0.2, 0) is 11.2 Å². The van der Waals surface area contributed by atoms with Crippen LogP contribution in [-0.4, -0.2) is 21.7 Å². The number of aromatic hydroxyl groups is 2. The number of phenolic OH excluding ortho intramolecular Hbond substituents is 2. The molecule has 1 heterocycles. The summed E-state index contributed by atoms with van der Waals surface area (Å²) < 4.78 is 5.85. The number of fused-ring (bicyclic) bond motifs is 1. The summed E-state index contributed by atoms with van der Waals surface area (Å²) in [4.78, 5) is 10.3. The van der Waals surface area contributed by atoms with Crippen molar-refractivity contribution in [1.29, 1.82) is 0 Å². The summed E-state index contributed by atoms with van der Waals surface area (Å²) in [6.45, 7) is 0.540. The van der Waals surface area contributed by atoms with Crippen molar-refractivity contribution in [3.8, 4) is 11.5 Å². The zero-order chi connectivity index (χ0) is 15.7. The van der Waals surface area contributed by atoms with E-state index in [1.807, 2.05) is 0 Å². The molecular weight excluding hydrogens is 286 g/mol. The standard InChI is InChI=1S/C16H15NO5/c18-14-8-11-2-1-7-22-16(13(11)9-15(14)19)10-3-5-12(6-4-10)17(20)21/h3-6,8-9,16,18-19H,1-2,7H2. The second-order valence-electron chi connectivity index (χ2n) is 5.24. The minimum absolute atomic E-state index is 0.0196. The van der Waals surface area contributed by atoms with Gasteiger partial charge in [-0.15, -0.1) is 0 Å². The lowest BCUT2D eigenvalue weighted by Crippen LogP contribution is -2.06. The van der Waals surface area contributed by atoms with Crippen LogP contribution in [0.1, 0.15) is 29.2 Å². The van der Waals surface area contributed by atoms with Gasteiger partial charge in [-0.05, 0) is 53.8 Å². The van der Waals surface area contributed by atoms with E-state index in [0.717, 1.165) is 29.5 Å². The van der Waals surface area contributed by atoms with Gasteiger partial charge >= 0.3 is 0 Å². The molecule has 0 aromatic heterocycles. The molecule has 1 aliphatic rings. The lowest BCUT2D eigenvalue weighted by molar-refractivity contribution is -0.384. The molecule has 2 aromatic rings. The van der Waals surface area contributed by atoms with Crippen molar-refractivity contribution in [3.05, 3.63) is 63.2 Å². The second-order valence-corrected chi connectivity index (χ2v) is 5.24. The smallest absolute Gasteiger partial charge is 0.269 e. The molecule has 0 saturated heterocycles. The van der Waals surface area contributed by atoms with E-state index >= 15 is 0 Å². The molecule has 1 atom stereocenters. The van der Waals surface area contributed by atoms with Crippen LogP contribution in [0.25, 0.3) is 0 Å². The summed E-state index contributed by atoms with van der Waals surface area (Å²) in [5.74, 6) is -0.348. The number of rotatable bonds is 2. The highest BCUT2D eigenvalue weighted by Crippen LogP contribution is 2.38. The first-order valence-corrected chi connectivity index (χ1v) is 6.97. The molecule has 0 spiro atoms. The van der Waals surface area contributed by atoms with E-state index < -0.39 is 11.0 Å². The van der Waals surface area contributed by atoms with Crippen LogP contribution < -0.4 is 0 Å². The molecule has 0 aliphatic carbocycles. The van der Waals surface area contributed by atoms with Crippen molar-refractivity contribution in [2.75, 3.05) is 6.61 Å². The number of nitro benzene ring substituents is 1. The average Bonchev–Trinajstić information content (AvgIpc) is 2.70. The lowest BCUT2D eigenvalue weighted by Gasteiger charge is -2.19. The SMILES string of the molecule is O=[N+]([O-])c1ccc(C2OCCCc3cc(O)c(O)cc32)cc1. The molecule has 114 valence electrons. The van der Waals surface area contributed by atoms with E-state index in [4.69, 9.17) is 4.74 Å². The Hall–Kier alpha value is -2.60. The van der Waals surface area contributed by atoms with Crippen LogP contribution >= 0.6 is 0 Å². The maximum Gasteiger partial charge on any atom is 0.269 e. The normalized spacial score (nSPS) is 17.5. The number of aryl methyl sites for hydroxylation is 1. The van der Waals surface area contributed by atoms with Gasteiger partial charge in [-0.2, -0.15) is 0 Å².